The number of carboxylic acid groups (broad SMARTS) is 1. The number of para-hydroxylation sites is 1. The third-order valence-corrected chi connectivity index (χ3v) is 5.27. The Morgan fingerprint density at radius 3 is 2.41 bits per heavy atom. The van der Waals surface area contributed by atoms with Crippen molar-refractivity contribution in [1.29, 1.82) is 0 Å². The molecule has 0 aliphatic carbocycles. The van der Waals surface area contributed by atoms with Gasteiger partial charge in [0.1, 0.15) is 6.04 Å². The minimum absolute atomic E-state index is 0. The molecule has 1 aliphatic rings. The second-order valence-corrected chi connectivity index (χ2v) is 7.10. The summed E-state index contributed by atoms with van der Waals surface area (Å²) in [7, 11) is 0. The first-order valence-electron chi connectivity index (χ1n) is 8.43. The fourth-order valence-electron chi connectivity index (χ4n) is 3.10. The van der Waals surface area contributed by atoms with Crippen molar-refractivity contribution in [3.05, 3.63) is 65.7 Å². The SMILES string of the molecule is O=C(SCCC(=O)N1c2ccccc2CC[C@@H]1C(=O)O)c1ccccc1.[NaH]. The van der Waals surface area contributed by atoms with Gasteiger partial charge in [0.25, 0.3) is 0 Å². The predicted molar refractivity (Wildman–Crippen MR) is 109 cm³/mol. The van der Waals surface area contributed by atoms with Crippen LogP contribution in [0, 0.1) is 0 Å². The van der Waals surface area contributed by atoms with E-state index in [0.717, 1.165) is 17.3 Å². The normalized spacial score (nSPS) is 15.4. The molecule has 0 aromatic heterocycles. The quantitative estimate of drug-likeness (QED) is 0.791. The second kappa shape index (κ2) is 10.1. The molecule has 1 atom stereocenters. The molecule has 7 heteroatoms. The Balaban J connectivity index is 0.00000261. The molecule has 0 saturated carbocycles. The van der Waals surface area contributed by atoms with Crippen molar-refractivity contribution in [2.75, 3.05) is 10.7 Å². The summed E-state index contributed by atoms with van der Waals surface area (Å²) in [5, 5.41) is 9.40. The maximum absolute atomic E-state index is 12.7. The number of hydrogen-bond acceptors (Lipinski definition) is 4. The number of anilines is 1. The number of aryl methyl sites for hydroxylation is 1. The summed E-state index contributed by atoms with van der Waals surface area (Å²) in [4.78, 5) is 37.8. The van der Waals surface area contributed by atoms with Crippen LogP contribution < -0.4 is 4.90 Å². The van der Waals surface area contributed by atoms with Crippen molar-refractivity contribution in [2.45, 2.75) is 25.3 Å². The van der Waals surface area contributed by atoms with Gasteiger partial charge in [-0.25, -0.2) is 4.79 Å². The van der Waals surface area contributed by atoms with Crippen LogP contribution in [-0.4, -0.2) is 63.5 Å². The van der Waals surface area contributed by atoms with E-state index in [-0.39, 0.29) is 47.0 Å². The summed E-state index contributed by atoms with van der Waals surface area (Å²) in [6, 6.07) is 15.4. The first-order valence-corrected chi connectivity index (χ1v) is 9.41. The molecule has 1 heterocycles. The standard InChI is InChI=1S/C20H19NO4S.Na.H/c22-18(12-13-26-20(25)15-7-2-1-3-8-15)21-16-9-5-4-6-14(16)10-11-17(21)19(23)24;;/h1-9,17H,10-13H2,(H,23,24);;/t17-;;/m1../s1. The fraction of sp³-hybridized carbons (Fsp3) is 0.250. The predicted octanol–water partition coefficient (Wildman–Crippen LogP) is 2.73. The first kappa shape index (κ1) is 21.7. The number of hydrogen-bond donors (Lipinski definition) is 1. The number of carbonyl (C=O) groups excluding carboxylic acids is 2. The zero-order valence-corrected chi connectivity index (χ0v) is 14.9. The van der Waals surface area contributed by atoms with Gasteiger partial charge in [0.05, 0.1) is 0 Å². The average molecular weight is 393 g/mol. The number of benzene rings is 2. The van der Waals surface area contributed by atoms with Crippen LogP contribution in [0.1, 0.15) is 28.8 Å². The van der Waals surface area contributed by atoms with Gasteiger partial charge in [-0.05, 0) is 24.5 Å². The Morgan fingerprint density at radius 2 is 1.70 bits per heavy atom. The first-order chi connectivity index (χ1) is 12.6. The fourth-order valence-corrected chi connectivity index (χ4v) is 3.86. The van der Waals surface area contributed by atoms with Crippen molar-refractivity contribution in [3.63, 3.8) is 0 Å². The molecule has 0 bridgehead atoms. The third kappa shape index (κ3) is 5.23. The van der Waals surface area contributed by atoms with E-state index in [0.29, 0.717) is 29.8 Å². The Hall–Kier alpha value is -1.60. The summed E-state index contributed by atoms with van der Waals surface area (Å²) in [6.07, 6.45) is 1.15. The molecule has 1 N–H and O–H groups in total. The van der Waals surface area contributed by atoms with Crippen LogP contribution in [-0.2, 0) is 16.0 Å². The van der Waals surface area contributed by atoms with Gasteiger partial charge in [-0.15, -0.1) is 0 Å². The van der Waals surface area contributed by atoms with Crippen LogP contribution in [0.5, 0.6) is 0 Å². The van der Waals surface area contributed by atoms with Crippen molar-refractivity contribution >= 4 is 64.0 Å². The van der Waals surface area contributed by atoms with Gasteiger partial charge in [0.2, 0.25) is 11.0 Å². The summed E-state index contributed by atoms with van der Waals surface area (Å²) in [5.41, 5.74) is 2.23. The summed E-state index contributed by atoms with van der Waals surface area (Å²) in [5.74, 6) is -0.948. The molecule has 2 aromatic carbocycles. The van der Waals surface area contributed by atoms with E-state index in [1.54, 1.807) is 36.4 Å². The van der Waals surface area contributed by atoms with Gasteiger partial charge in [-0.1, -0.05) is 60.3 Å². The molecule has 0 radical (unpaired) electrons. The van der Waals surface area contributed by atoms with E-state index >= 15 is 0 Å². The zero-order valence-electron chi connectivity index (χ0n) is 14.1. The van der Waals surface area contributed by atoms with Crippen molar-refractivity contribution in [3.8, 4) is 0 Å². The van der Waals surface area contributed by atoms with Crippen molar-refractivity contribution in [2.24, 2.45) is 0 Å². The number of carboxylic acids is 1. The van der Waals surface area contributed by atoms with Crippen LogP contribution in [0.4, 0.5) is 5.69 Å². The van der Waals surface area contributed by atoms with Crippen LogP contribution >= 0.6 is 11.8 Å². The summed E-state index contributed by atoms with van der Waals surface area (Å²) in [6.45, 7) is 0. The number of carbonyl (C=O) groups is 3. The van der Waals surface area contributed by atoms with Gasteiger partial charge in [0.15, 0.2) is 0 Å². The molecule has 0 fully saturated rings. The van der Waals surface area contributed by atoms with Crippen LogP contribution in [0.25, 0.3) is 0 Å². The zero-order chi connectivity index (χ0) is 18.5. The van der Waals surface area contributed by atoms with E-state index in [1.807, 2.05) is 18.2 Å². The monoisotopic (exact) mass is 393 g/mol. The van der Waals surface area contributed by atoms with E-state index in [9.17, 15) is 19.5 Å². The topological polar surface area (TPSA) is 74.7 Å². The van der Waals surface area contributed by atoms with Crippen LogP contribution in [0.3, 0.4) is 0 Å². The Morgan fingerprint density at radius 1 is 1.04 bits per heavy atom. The molecular weight excluding hydrogens is 373 g/mol. The molecule has 27 heavy (non-hydrogen) atoms. The van der Waals surface area contributed by atoms with Gasteiger partial charge in [-0.3, -0.25) is 14.5 Å². The average Bonchev–Trinajstić information content (AvgIpc) is 2.67. The van der Waals surface area contributed by atoms with Gasteiger partial charge >= 0.3 is 35.5 Å². The molecular formula is C20H20NNaO4S. The van der Waals surface area contributed by atoms with Gasteiger partial charge in [-0.2, -0.15) is 0 Å². The molecule has 0 spiro atoms. The number of aliphatic carboxylic acids is 1. The molecule has 3 rings (SSSR count). The van der Waals surface area contributed by atoms with Gasteiger partial charge in [0, 0.05) is 23.4 Å². The number of rotatable bonds is 5. The molecule has 136 valence electrons. The number of nitrogens with zero attached hydrogens (tertiary/aromatic N) is 1. The van der Waals surface area contributed by atoms with Gasteiger partial charge < -0.3 is 5.11 Å². The van der Waals surface area contributed by atoms with E-state index < -0.39 is 12.0 Å². The summed E-state index contributed by atoms with van der Waals surface area (Å²) >= 11 is 1.08. The molecule has 1 amide bonds. The number of amides is 1. The summed E-state index contributed by atoms with van der Waals surface area (Å²) < 4.78 is 0. The number of fused-ring (bicyclic) bond motifs is 1. The van der Waals surface area contributed by atoms with E-state index in [1.165, 1.54) is 4.90 Å². The van der Waals surface area contributed by atoms with E-state index in [4.69, 9.17) is 0 Å². The molecule has 2 aromatic rings. The van der Waals surface area contributed by atoms with Crippen molar-refractivity contribution < 1.29 is 19.5 Å². The van der Waals surface area contributed by atoms with Crippen molar-refractivity contribution in [1.82, 2.24) is 0 Å². The Kier molecular flexibility index (Phi) is 8.10. The van der Waals surface area contributed by atoms with Crippen LogP contribution in [0.15, 0.2) is 54.6 Å². The molecule has 5 nitrogen and oxygen atoms in total. The minimum atomic E-state index is -0.999. The maximum atomic E-state index is 12.7. The molecule has 0 saturated heterocycles. The number of thioether (sulfide) groups is 1. The molecule has 1 aliphatic heterocycles. The Bertz CT molecular complexity index is 828. The Labute approximate surface area is 184 Å². The third-order valence-electron chi connectivity index (χ3n) is 4.36. The van der Waals surface area contributed by atoms with E-state index in [2.05, 4.69) is 0 Å². The van der Waals surface area contributed by atoms with Crippen LogP contribution in [0.2, 0.25) is 0 Å². The second-order valence-electron chi connectivity index (χ2n) is 6.04. The molecule has 0 unspecified atom stereocenters.